The zero-order valence-corrected chi connectivity index (χ0v) is 13.4. The topological polar surface area (TPSA) is 56.1 Å². The Labute approximate surface area is 144 Å². The summed E-state index contributed by atoms with van der Waals surface area (Å²) in [6.07, 6.45) is 2.61. The van der Waals surface area contributed by atoms with Gasteiger partial charge in [0.05, 0.1) is 5.69 Å². The summed E-state index contributed by atoms with van der Waals surface area (Å²) in [5.41, 5.74) is 3.25. The highest BCUT2D eigenvalue weighted by atomic mass is 19.1. The number of fused-ring (bicyclic) bond motifs is 1. The highest BCUT2D eigenvalue weighted by Gasteiger charge is 2.16. The van der Waals surface area contributed by atoms with Gasteiger partial charge in [-0.15, -0.1) is 0 Å². The zero-order valence-electron chi connectivity index (χ0n) is 13.4. The number of aromatic nitrogens is 2. The summed E-state index contributed by atoms with van der Waals surface area (Å²) in [6.45, 7) is 0.969. The van der Waals surface area contributed by atoms with Crippen LogP contribution in [0, 0.1) is 5.82 Å². The number of carbonyl (C=O) groups is 1. The van der Waals surface area contributed by atoms with Crippen molar-refractivity contribution in [1.29, 1.82) is 0 Å². The van der Waals surface area contributed by atoms with Gasteiger partial charge in [0.1, 0.15) is 23.9 Å². The molecule has 6 heteroatoms. The Morgan fingerprint density at radius 2 is 2.00 bits per heavy atom. The van der Waals surface area contributed by atoms with E-state index in [1.54, 1.807) is 28.9 Å². The van der Waals surface area contributed by atoms with Crippen molar-refractivity contribution in [2.75, 3.05) is 6.54 Å². The molecule has 0 unspecified atom stereocenters. The van der Waals surface area contributed by atoms with Gasteiger partial charge in [0.15, 0.2) is 0 Å². The molecule has 0 fully saturated rings. The van der Waals surface area contributed by atoms with Crippen molar-refractivity contribution < 1.29 is 13.9 Å². The van der Waals surface area contributed by atoms with E-state index < -0.39 is 0 Å². The first-order valence-corrected chi connectivity index (χ1v) is 8.03. The molecule has 1 amide bonds. The molecule has 1 N–H and O–H groups in total. The minimum absolute atomic E-state index is 0.0363. The second-order valence-electron chi connectivity index (χ2n) is 5.84. The average Bonchev–Trinajstić information content (AvgIpc) is 3.10. The molecule has 0 saturated carbocycles. The van der Waals surface area contributed by atoms with Crippen LogP contribution in [0.1, 0.15) is 21.6 Å². The molecule has 4 rings (SSSR count). The van der Waals surface area contributed by atoms with Crippen molar-refractivity contribution in [2.24, 2.45) is 0 Å². The number of nitrogens with zero attached hydrogens (tertiary/aromatic N) is 2. The van der Waals surface area contributed by atoms with Gasteiger partial charge < -0.3 is 10.1 Å². The molecule has 5 nitrogen and oxygen atoms in total. The molecule has 1 aliphatic rings. The van der Waals surface area contributed by atoms with Crippen molar-refractivity contribution in [3.05, 3.63) is 77.4 Å². The molecule has 2 aromatic carbocycles. The summed E-state index contributed by atoms with van der Waals surface area (Å²) in [6, 6.07) is 13.5. The van der Waals surface area contributed by atoms with E-state index in [0.29, 0.717) is 24.5 Å². The number of hydrogen-bond acceptors (Lipinski definition) is 3. The summed E-state index contributed by atoms with van der Waals surface area (Å²) in [5.74, 6) is 0.399. The molecule has 0 spiro atoms. The minimum atomic E-state index is -0.277. The van der Waals surface area contributed by atoms with E-state index in [-0.39, 0.29) is 11.7 Å². The molecule has 0 aliphatic carbocycles. The minimum Gasteiger partial charge on any atom is -0.487 e. The molecule has 25 heavy (non-hydrogen) atoms. The van der Waals surface area contributed by atoms with E-state index >= 15 is 0 Å². The van der Waals surface area contributed by atoms with Gasteiger partial charge in [-0.1, -0.05) is 0 Å². The number of halogens is 1. The molecular formula is C19H16FN3O2. The lowest BCUT2D eigenvalue weighted by Crippen LogP contribution is -2.31. The van der Waals surface area contributed by atoms with Crippen LogP contribution >= 0.6 is 0 Å². The van der Waals surface area contributed by atoms with Gasteiger partial charge >= 0.3 is 0 Å². The smallest absolute Gasteiger partial charge is 0.251 e. The maximum absolute atomic E-state index is 13.0. The van der Waals surface area contributed by atoms with Gasteiger partial charge in [-0.3, -0.25) is 4.79 Å². The quantitative estimate of drug-likeness (QED) is 0.796. The van der Waals surface area contributed by atoms with Gasteiger partial charge in [0.25, 0.3) is 5.91 Å². The first kappa shape index (κ1) is 15.4. The van der Waals surface area contributed by atoms with Crippen LogP contribution in [0.15, 0.2) is 54.7 Å². The van der Waals surface area contributed by atoms with Gasteiger partial charge in [0.2, 0.25) is 0 Å². The standard InChI is InChI=1S/C19H16FN3O2/c20-14-1-3-16(4-2-14)23-10-8-15(22-23)12-25-17-5-6-18-13(11-17)7-9-21-19(18)24/h1-6,8,10-11H,7,9,12H2,(H,21,24). The van der Waals surface area contributed by atoms with E-state index in [1.165, 1.54) is 12.1 Å². The molecule has 2 heterocycles. The Morgan fingerprint density at radius 3 is 2.84 bits per heavy atom. The Bertz CT molecular complexity index is 919. The molecule has 0 bridgehead atoms. The van der Waals surface area contributed by atoms with E-state index in [2.05, 4.69) is 10.4 Å². The molecule has 0 radical (unpaired) electrons. The Hall–Kier alpha value is -3.15. The zero-order chi connectivity index (χ0) is 17.2. The van der Waals surface area contributed by atoms with Gasteiger partial charge in [0, 0.05) is 18.3 Å². The fraction of sp³-hybridized carbons (Fsp3) is 0.158. The summed E-state index contributed by atoms with van der Waals surface area (Å²) in [7, 11) is 0. The van der Waals surface area contributed by atoms with Crippen LogP contribution in [0.5, 0.6) is 5.75 Å². The summed E-state index contributed by atoms with van der Waals surface area (Å²) in [4.78, 5) is 11.7. The SMILES string of the molecule is O=C1NCCc2cc(OCc3ccn(-c4ccc(F)cc4)n3)ccc21. The molecule has 1 aliphatic heterocycles. The molecule has 126 valence electrons. The number of carbonyl (C=O) groups excluding carboxylic acids is 1. The average molecular weight is 337 g/mol. The summed E-state index contributed by atoms with van der Waals surface area (Å²) in [5, 5.41) is 7.25. The lowest BCUT2D eigenvalue weighted by atomic mass is 10.0. The fourth-order valence-electron chi connectivity index (χ4n) is 2.83. The van der Waals surface area contributed by atoms with Crippen LogP contribution in [-0.2, 0) is 13.0 Å². The highest BCUT2D eigenvalue weighted by molar-refractivity contribution is 5.96. The van der Waals surface area contributed by atoms with Crippen LogP contribution in [0.4, 0.5) is 4.39 Å². The third kappa shape index (κ3) is 3.24. The normalized spacial score (nSPS) is 13.2. The van der Waals surface area contributed by atoms with E-state index in [9.17, 15) is 9.18 Å². The number of nitrogens with one attached hydrogen (secondary N) is 1. The highest BCUT2D eigenvalue weighted by Crippen LogP contribution is 2.21. The molecular weight excluding hydrogens is 321 g/mol. The van der Waals surface area contributed by atoms with E-state index in [4.69, 9.17) is 4.74 Å². The van der Waals surface area contributed by atoms with Gasteiger partial charge in [-0.25, -0.2) is 9.07 Å². The summed E-state index contributed by atoms with van der Waals surface area (Å²) < 4.78 is 20.5. The molecule has 3 aromatic rings. The lowest BCUT2D eigenvalue weighted by Gasteiger charge is -2.17. The van der Waals surface area contributed by atoms with Crippen LogP contribution in [-0.4, -0.2) is 22.2 Å². The Kier molecular flexibility index (Phi) is 3.93. The monoisotopic (exact) mass is 337 g/mol. The molecule has 0 saturated heterocycles. The van der Waals surface area contributed by atoms with Crippen molar-refractivity contribution >= 4 is 5.91 Å². The third-order valence-electron chi connectivity index (χ3n) is 4.12. The predicted molar refractivity (Wildman–Crippen MR) is 90.3 cm³/mol. The van der Waals surface area contributed by atoms with Crippen molar-refractivity contribution in [3.8, 4) is 11.4 Å². The maximum Gasteiger partial charge on any atom is 0.251 e. The van der Waals surface area contributed by atoms with Crippen molar-refractivity contribution in [2.45, 2.75) is 13.0 Å². The predicted octanol–water partition coefficient (Wildman–Crippen LogP) is 2.88. The summed E-state index contributed by atoms with van der Waals surface area (Å²) >= 11 is 0. The number of amides is 1. The first-order chi connectivity index (χ1) is 12.2. The van der Waals surface area contributed by atoms with Crippen LogP contribution in [0.3, 0.4) is 0 Å². The van der Waals surface area contributed by atoms with Crippen LogP contribution in [0.2, 0.25) is 0 Å². The second kappa shape index (κ2) is 6.39. The van der Waals surface area contributed by atoms with Gasteiger partial charge in [-0.2, -0.15) is 5.10 Å². The first-order valence-electron chi connectivity index (χ1n) is 8.03. The van der Waals surface area contributed by atoms with Crippen molar-refractivity contribution in [1.82, 2.24) is 15.1 Å². The fourth-order valence-corrected chi connectivity index (χ4v) is 2.83. The second-order valence-corrected chi connectivity index (χ2v) is 5.84. The number of rotatable bonds is 4. The Balaban J connectivity index is 1.45. The van der Waals surface area contributed by atoms with Crippen LogP contribution in [0.25, 0.3) is 5.69 Å². The van der Waals surface area contributed by atoms with Gasteiger partial charge in [-0.05, 0) is 60.5 Å². The number of hydrogen-bond donors (Lipinski definition) is 1. The van der Waals surface area contributed by atoms with E-state index in [1.807, 2.05) is 18.3 Å². The molecule has 1 aromatic heterocycles. The molecule has 0 atom stereocenters. The lowest BCUT2D eigenvalue weighted by molar-refractivity contribution is 0.0946. The van der Waals surface area contributed by atoms with E-state index in [0.717, 1.165) is 23.4 Å². The number of ether oxygens (including phenoxy) is 1. The third-order valence-corrected chi connectivity index (χ3v) is 4.12. The van der Waals surface area contributed by atoms with Crippen molar-refractivity contribution in [3.63, 3.8) is 0 Å². The Morgan fingerprint density at radius 1 is 1.16 bits per heavy atom. The van der Waals surface area contributed by atoms with Crippen LogP contribution < -0.4 is 10.1 Å². The number of benzene rings is 2. The largest absolute Gasteiger partial charge is 0.487 e. The maximum atomic E-state index is 13.0.